The van der Waals surface area contributed by atoms with Crippen LogP contribution in [0.5, 0.6) is 5.75 Å². The van der Waals surface area contributed by atoms with Gasteiger partial charge in [-0.25, -0.2) is 0 Å². The van der Waals surface area contributed by atoms with Gasteiger partial charge in [0.15, 0.2) is 6.61 Å². The molecule has 0 fully saturated rings. The van der Waals surface area contributed by atoms with Gasteiger partial charge in [0.25, 0.3) is 5.91 Å². The topological polar surface area (TPSA) is 62.1 Å². The fourth-order valence-electron chi connectivity index (χ4n) is 1.63. The van der Waals surface area contributed by atoms with Crippen LogP contribution in [0.2, 0.25) is 0 Å². The van der Waals surface area contributed by atoms with Crippen LogP contribution in [0, 0.1) is 11.3 Å². The largest absolute Gasteiger partial charge is 0.484 e. The van der Waals surface area contributed by atoms with Crippen LogP contribution in [-0.4, -0.2) is 18.6 Å². The smallest absolute Gasteiger partial charge is 0.258 e. The molecule has 0 aliphatic rings. The van der Waals surface area contributed by atoms with Gasteiger partial charge in [0, 0.05) is 6.04 Å². The lowest BCUT2D eigenvalue weighted by Gasteiger charge is -2.13. The zero-order chi connectivity index (χ0) is 13.4. The predicted octanol–water partition coefficient (Wildman–Crippen LogP) is 2.24. The van der Waals surface area contributed by atoms with E-state index in [0.29, 0.717) is 11.3 Å². The Kier molecular flexibility index (Phi) is 5.72. The number of carbonyl (C=O) groups is 1. The molecule has 0 aromatic heterocycles. The van der Waals surface area contributed by atoms with Gasteiger partial charge in [-0.2, -0.15) is 5.26 Å². The normalized spacial score (nSPS) is 11.4. The van der Waals surface area contributed by atoms with Gasteiger partial charge >= 0.3 is 0 Å². The molecule has 4 heteroatoms. The summed E-state index contributed by atoms with van der Waals surface area (Å²) in [7, 11) is 0. The zero-order valence-corrected chi connectivity index (χ0v) is 10.8. The van der Waals surface area contributed by atoms with Crippen molar-refractivity contribution in [3.63, 3.8) is 0 Å². The molecule has 18 heavy (non-hydrogen) atoms. The Morgan fingerprint density at radius 1 is 1.56 bits per heavy atom. The SMILES string of the molecule is CCC[C@@H](C)NC(=O)COc1cccc(C#N)c1. The Bertz CT molecular complexity index is 438. The van der Waals surface area contributed by atoms with E-state index in [9.17, 15) is 4.79 Å². The quantitative estimate of drug-likeness (QED) is 0.837. The lowest BCUT2D eigenvalue weighted by molar-refractivity contribution is -0.123. The van der Waals surface area contributed by atoms with Gasteiger partial charge in [-0.1, -0.05) is 19.4 Å². The first-order chi connectivity index (χ1) is 8.65. The number of carbonyl (C=O) groups excluding carboxylic acids is 1. The zero-order valence-electron chi connectivity index (χ0n) is 10.8. The van der Waals surface area contributed by atoms with Crippen LogP contribution < -0.4 is 10.1 Å². The standard InChI is InChI=1S/C14H18N2O2/c1-3-5-11(2)16-14(17)10-18-13-7-4-6-12(8-13)9-15/h4,6-8,11H,3,5,10H2,1-2H3,(H,16,17)/t11-/m1/s1. The third-order valence-electron chi connectivity index (χ3n) is 2.46. The highest BCUT2D eigenvalue weighted by molar-refractivity contribution is 5.77. The van der Waals surface area contributed by atoms with E-state index in [2.05, 4.69) is 12.2 Å². The molecule has 1 aromatic rings. The summed E-state index contributed by atoms with van der Waals surface area (Å²) in [6, 6.07) is 8.94. The molecule has 1 amide bonds. The lowest BCUT2D eigenvalue weighted by atomic mass is 10.2. The molecule has 1 atom stereocenters. The Labute approximate surface area is 108 Å². The maximum atomic E-state index is 11.6. The molecule has 1 rings (SSSR count). The van der Waals surface area contributed by atoms with Crippen molar-refractivity contribution in [3.05, 3.63) is 29.8 Å². The molecule has 0 saturated heterocycles. The van der Waals surface area contributed by atoms with Crippen LogP contribution in [0.3, 0.4) is 0 Å². The van der Waals surface area contributed by atoms with Gasteiger partial charge in [0.05, 0.1) is 11.6 Å². The molecule has 1 aromatic carbocycles. The predicted molar refractivity (Wildman–Crippen MR) is 69.2 cm³/mol. The number of ether oxygens (including phenoxy) is 1. The van der Waals surface area contributed by atoms with Crippen molar-refractivity contribution < 1.29 is 9.53 Å². The number of hydrogen-bond acceptors (Lipinski definition) is 3. The van der Waals surface area contributed by atoms with E-state index in [-0.39, 0.29) is 18.6 Å². The van der Waals surface area contributed by atoms with Crippen LogP contribution in [0.1, 0.15) is 32.3 Å². The highest BCUT2D eigenvalue weighted by Gasteiger charge is 2.07. The highest BCUT2D eigenvalue weighted by atomic mass is 16.5. The average molecular weight is 246 g/mol. The molecular weight excluding hydrogens is 228 g/mol. The third kappa shape index (κ3) is 4.88. The molecule has 96 valence electrons. The van der Waals surface area contributed by atoms with E-state index < -0.39 is 0 Å². The van der Waals surface area contributed by atoms with Crippen molar-refractivity contribution in [2.24, 2.45) is 0 Å². The number of rotatable bonds is 6. The van der Waals surface area contributed by atoms with Gasteiger partial charge in [-0.05, 0) is 31.5 Å². The van der Waals surface area contributed by atoms with Gasteiger partial charge < -0.3 is 10.1 Å². The molecule has 1 N–H and O–H groups in total. The number of hydrogen-bond donors (Lipinski definition) is 1. The second kappa shape index (κ2) is 7.33. The number of amides is 1. The molecule has 0 bridgehead atoms. The van der Waals surface area contributed by atoms with Gasteiger partial charge in [-0.15, -0.1) is 0 Å². The van der Waals surface area contributed by atoms with E-state index in [0.717, 1.165) is 12.8 Å². The van der Waals surface area contributed by atoms with Gasteiger partial charge in [0.2, 0.25) is 0 Å². The highest BCUT2D eigenvalue weighted by Crippen LogP contribution is 2.12. The summed E-state index contributed by atoms with van der Waals surface area (Å²) in [4.78, 5) is 11.6. The maximum absolute atomic E-state index is 11.6. The Morgan fingerprint density at radius 2 is 2.33 bits per heavy atom. The van der Waals surface area contributed by atoms with Crippen molar-refractivity contribution in [3.8, 4) is 11.8 Å². The minimum absolute atomic E-state index is 0.0249. The van der Waals surface area contributed by atoms with E-state index in [1.165, 1.54) is 0 Å². The first-order valence-corrected chi connectivity index (χ1v) is 6.08. The van der Waals surface area contributed by atoms with Crippen molar-refractivity contribution in [1.29, 1.82) is 5.26 Å². The van der Waals surface area contributed by atoms with Crippen molar-refractivity contribution >= 4 is 5.91 Å². The summed E-state index contributed by atoms with van der Waals surface area (Å²) in [5, 5.41) is 11.6. The minimum Gasteiger partial charge on any atom is -0.484 e. The van der Waals surface area contributed by atoms with Crippen molar-refractivity contribution in [2.45, 2.75) is 32.7 Å². The second-order valence-electron chi connectivity index (χ2n) is 4.19. The van der Waals surface area contributed by atoms with Crippen LogP contribution in [-0.2, 0) is 4.79 Å². The fourth-order valence-corrected chi connectivity index (χ4v) is 1.63. The summed E-state index contributed by atoms with van der Waals surface area (Å²) in [6.07, 6.45) is 1.99. The molecule has 0 radical (unpaired) electrons. The third-order valence-corrected chi connectivity index (χ3v) is 2.46. The average Bonchev–Trinajstić information content (AvgIpc) is 2.37. The molecule has 0 aliphatic heterocycles. The summed E-state index contributed by atoms with van der Waals surface area (Å²) in [6.45, 7) is 4.02. The van der Waals surface area contributed by atoms with Crippen LogP contribution in [0.15, 0.2) is 24.3 Å². The fraction of sp³-hybridized carbons (Fsp3) is 0.429. The monoisotopic (exact) mass is 246 g/mol. The lowest BCUT2D eigenvalue weighted by Crippen LogP contribution is -2.35. The number of nitriles is 1. The van der Waals surface area contributed by atoms with Crippen LogP contribution in [0.4, 0.5) is 0 Å². The molecule has 4 nitrogen and oxygen atoms in total. The summed E-state index contributed by atoms with van der Waals surface area (Å²) in [5.74, 6) is 0.394. The summed E-state index contributed by atoms with van der Waals surface area (Å²) in [5.41, 5.74) is 0.521. The molecule has 0 heterocycles. The van der Waals surface area contributed by atoms with E-state index in [1.54, 1.807) is 24.3 Å². The number of nitrogens with zero attached hydrogens (tertiary/aromatic N) is 1. The molecular formula is C14H18N2O2. The first-order valence-electron chi connectivity index (χ1n) is 6.08. The Balaban J connectivity index is 2.40. The maximum Gasteiger partial charge on any atom is 0.258 e. The molecule has 0 aliphatic carbocycles. The summed E-state index contributed by atoms with van der Waals surface area (Å²) >= 11 is 0. The second-order valence-corrected chi connectivity index (χ2v) is 4.19. The van der Waals surface area contributed by atoms with Gasteiger partial charge in [0.1, 0.15) is 5.75 Å². The Hall–Kier alpha value is -2.02. The van der Waals surface area contributed by atoms with Crippen LogP contribution in [0.25, 0.3) is 0 Å². The van der Waals surface area contributed by atoms with E-state index in [1.807, 2.05) is 13.0 Å². The number of benzene rings is 1. The molecule has 0 unspecified atom stereocenters. The van der Waals surface area contributed by atoms with Crippen LogP contribution >= 0.6 is 0 Å². The van der Waals surface area contributed by atoms with E-state index >= 15 is 0 Å². The van der Waals surface area contributed by atoms with E-state index in [4.69, 9.17) is 10.00 Å². The molecule has 0 saturated carbocycles. The van der Waals surface area contributed by atoms with Crippen molar-refractivity contribution in [2.75, 3.05) is 6.61 Å². The first kappa shape index (κ1) is 14.0. The van der Waals surface area contributed by atoms with Gasteiger partial charge in [-0.3, -0.25) is 4.79 Å². The van der Waals surface area contributed by atoms with Crippen molar-refractivity contribution in [1.82, 2.24) is 5.32 Å². The Morgan fingerprint density at radius 3 is 3.00 bits per heavy atom. The molecule has 0 spiro atoms. The number of nitrogens with one attached hydrogen (secondary N) is 1. The minimum atomic E-state index is -0.140. The summed E-state index contributed by atoms with van der Waals surface area (Å²) < 4.78 is 5.33.